The predicted molar refractivity (Wildman–Crippen MR) is 172 cm³/mol. The lowest BCUT2D eigenvalue weighted by molar-refractivity contribution is -0.131. The second kappa shape index (κ2) is 18.6. The number of benzene rings is 1. The summed E-state index contributed by atoms with van der Waals surface area (Å²) < 4.78 is 5.45. The molecule has 0 bridgehead atoms. The zero-order valence-corrected chi connectivity index (χ0v) is 28.1. The molecular weight excluding hydrogens is 580 g/mol. The van der Waals surface area contributed by atoms with Gasteiger partial charge in [0.25, 0.3) is 0 Å². The molecule has 45 heavy (non-hydrogen) atoms. The van der Waals surface area contributed by atoms with E-state index in [0.717, 1.165) is 0 Å². The Balaban J connectivity index is 2.86. The van der Waals surface area contributed by atoms with Crippen molar-refractivity contribution in [3.8, 4) is 0 Å². The van der Waals surface area contributed by atoms with E-state index in [1.54, 1.807) is 45.0 Å². The Kier molecular flexibility index (Phi) is 16.1. The molecule has 13 heteroatoms. The third-order valence-corrected chi connectivity index (χ3v) is 7.61. The van der Waals surface area contributed by atoms with E-state index in [0.29, 0.717) is 17.7 Å². The third-order valence-electron chi connectivity index (χ3n) is 7.61. The fourth-order valence-electron chi connectivity index (χ4n) is 4.57. The Hall–Kier alpha value is -4.16. The molecule has 1 aromatic carbocycles. The van der Waals surface area contributed by atoms with Crippen molar-refractivity contribution >= 4 is 41.3 Å². The van der Waals surface area contributed by atoms with Gasteiger partial charge in [0.15, 0.2) is 5.78 Å². The van der Waals surface area contributed by atoms with Crippen molar-refractivity contribution < 1.29 is 33.5 Å². The second-order valence-corrected chi connectivity index (χ2v) is 12.4. The van der Waals surface area contributed by atoms with Gasteiger partial charge in [-0.2, -0.15) is 0 Å². The molecule has 0 aliphatic carbocycles. The Morgan fingerprint density at radius 1 is 0.822 bits per heavy atom. The SMILES string of the molecule is CC(=O)C(NC(=O)C(C(C)C)N(C)C(=O)OCc1ccc(NC(=O)C(CCCNC(N)=O)NC(=O)C(C)C(C)C)cc1)C(C)C. The molecule has 4 unspecified atom stereocenters. The standard InChI is InChI=1S/C32H52N6O7/c1-18(2)21(7)28(40)36-25(11-10-16-34-31(33)43)29(41)35-24-14-12-23(13-15-24)17-45-32(44)38(9)27(20(5)6)30(42)37-26(19(3)4)22(8)39/h12-15,18-21,25-27H,10-11,16-17H2,1-9H3,(H,35,41)(H,36,40)(H,37,42)(H3,33,34,43). The van der Waals surface area contributed by atoms with Crippen LogP contribution in [0.2, 0.25) is 0 Å². The number of ketones is 1. The molecule has 0 aliphatic rings. The molecule has 0 spiro atoms. The largest absolute Gasteiger partial charge is 0.445 e. The van der Waals surface area contributed by atoms with E-state index >= 15 is 0 Å². The highest BCUT2D eigenvalue weighted by atomic mass is 16.6. The number of nitrogens with one attached hydrogen (secondary N) is 4. The van der Waals surface area contributed by atoms with Crippen LogP contribution in [0.15, 0.2) is 24.3 Å². The maximum absolute atomic E-state index is 13.1. The summed E-state index contributed by atoms with van der Waals surface area (Å²) in [4.78, 5) is 75.8. The smallest absolute Gasteiger partial charge is 0.410 e. The zero-order valence-electron chi connectivity index (χ0n) is 28.1. The number of likely N-dealkylation sites (N-methyl/N-ethyl adjacent to an activating group) is 1. The van der Waals surface area contributed by atoms with Crippen molar-refractivity contribution in [1.29, 1.82) is 0 Å². The number of rotatable bonds is 17. The van der Waals surface area contributed by atoms with Gasteiger partial charge in [-0.05, 0) is 55.2 Å². The lowest BCUT2D eigenvalue weighted by atomic mass is 9.96. The summed E-state index contributed by atoms with van der Waals surface area (Å²) >= 11 is 0. The van der Waals surface area contributed by atoms with Crippen molar-refractivity contribution in [2.45, 2.75) is 93.0 Å². The van der Waals surface area contributed by atoms with E-state index in [-0.39, 0.29) is 54.9 Å². The van der Waals surface area contributed by atoms with Gasteiger partial charge >= 0.3 is 12.1 Å². The first kappa shape index (κ1) is 38.9. The van der Waals surface area contributed by atoms with Crippen molar-refractivity contribution in [3.63, 3.8) is 0 Å². The van der Waals surface area contributed by atoms with Crippen LogP contribution < -0.4 is 27.0 Å². The van der Waals surface area contributed by atoms with Gasteiger partial charge in [0.05, 0.1) is 6.04 Å². The molecule has 6 amide bonds. The number of urea groups is 1. The van der Waals surface area contributed by atoms with Gasteiger partial charge in [-0.3, -0.25) is 24.1 Å². The lowest BCUT2D eigenvalue weighted by Crippen LogP contribution is -2.55. The molecule has 0 saturated heterocycles. The van der Waals surface area contributed by atoms with Gasteiger partial charge in [-0.25, -0.2) is 9.59 Å². The molecule has 13 nitrogen and oxygen atoms in total. The maximum Gasteiger partial charge on any atom is 0.410 e. The first-order valence-corrected chi connectivity index (χ1v) is 15.4. The molecular formula is C32H52N6O7. The summed E-state index contributed by atoms with van der Waals surface area (Å²) in [7, 11) is 1.48. The fourth-order valence-corrected chi connectivity index (χ4v) is 4.57. The van der Waals surface area contributed by atoms with Crippen LogP contribution in [-0.2, 0) is 30.5 Å². The predicted octanol–water partition coefficient (Wildman–Crippen LogP) is 3.17. The fraction of sp³-hybridized carbons (Fsp3) is 0.625. The number of carbonyl (C=O) groups excluding carboxylic acids is 6. The van der Waals surface area contributed by atoms with Crippen LogP contribution in [0.25, 0.3) is 0 Å². The minimum atomic E-state index is -0.848. The summed E-state index contributed by atoms with van der Waals surface area (Å²) in [5.41, 5.74) is 6.22. The van der Waals surface area contributed by atoms with Gasteiger partial charge in [-0.15, -0.1) is 0 Å². The van der Waals surface area contributed by atoms with Crippen LogP contribution in [0, 0.1) is 23.7 Å². The van der Waals surface area contributed by atoms with Gasteiger partial charge in [0.1, 0.15) is 18.7 Å². The van der Waals surface area contributed by atoms with Gasteiger partial charge < -0.3 is 31.7 Å². The summed E-state index contributed by atoms with van der Waals surface area (Å²) in [5, 5.41) is 10.8. The maximum atomic E-state index is 13.1. The monoisotopic (exact) mass is 632 g/mol. The molecule has 4 atom stereocenters. The van der Waals surface area contributed by atoms with Crippen molar-refractivity contribution in [3.05, 3.63) is 29.8 Å². The summed E-state index contributed by atoms with van der Waals surface area (Å²) in [5.74, 6) is -1.82. The van der Waals surface area contributed by atoms with Gasteiger partial charge in [-0.1, -0.05) is 60.6 Å². The number of Topliss-reactive ketones (excluding diaryl/α,β-unsaturated/α-hetero) is 1. The zero-order chi connectivity index (χ0) is 34.4. The Morgan fingerprint density at radius 2 is 1.42 bits per heavy atom. The molecule has 0 heterocycles. The van der Waals surface area contributed by atoms with Crippen LogP contribution in [0.5, 0.6) is 0 Å². The lowest BCUT2D eigenvalue weighted by Gasteiger charge is -2.31. The number of hydrogen-bond donors (Lipinski definition) is 5. The number of nitrogens with zero attached hydrogens (tertiary/aromatic N) is 1. The highest BCUT2D eigenvalue weighted by Crippen LogP contribution is 2.16. The molecule has 0 radical (unpaired) electrons. The van der Waals surface area contributed by atoms with E-state index in [1.807, 2.05) is 27.7 Å². The number of primary amides is 1. The van der Waals surface area contributed by atoms with Crippen molar-refractivity contribution in [2.24, 2.45) is 29.4 Å². The van der Waals surface area contributed by atoms with Crippen LogP contribution >= 0.6 is 0 Å². The van der Waals surface area contributed by atoms with E-state index in [1.165, 1.54) is 18.9 Å². The first-order chi connectivity index (χ1) is 21.0. The number of nitrogens with two attached hydrogens (primary N) is 1. The van der Waals surface area contributed by atoms with Crippen LogP contribution in [0.3, 0.4) is 0 Å². The van der Waals surface area contributed by atoms with E-state index in [2.05, 4.69) is 21.3 Å². The number of hydrogen-bond acceptors (Lipinski definition) is 7. The number of ether oxygens (including phenoxy) is 1. The van der Waals surface area contributed by atoms with Gasteiger partial charge in [0, 0.05) is 25.2 Å². The average molecular weight is 633 g/mol. The highest BCUT2D eigenvalue weighted by Gasteiger charge is 2.33. The van der Waals surface area contributed by atoms with E-state index in [9.17, 15) is 28.8 Å². The molecule has 1 rings (SSSR count). The molecule has 1 aromatic rings. The Bertz CT molecular complexity index is 1170. The first-order valence-electron chi connectivity index (χ1n) is 15.4. The Morgan fingerprint density at radius 3 is 1.91 bits per heavy atom. The van der Waals surface area contributed by atoms with Crippen LogP contribution in [-0.4, -0.2) is 72.2 Å². The second-order valence-electron chi connectivity index (χ2n) is 12.4. The minimum absolute atomic E-state index is 0.0788. The van der Waals surface area contributed by atoms with Crippen molar-refractivity contribution in [1.82, 2.24) is 20.9 Å². The van der Waals surface area contributed by atoms with Crippen LogP contribution in [0.4, 0.5) is 15.3 Å². The molecule has 0 aliphatic heterocycles. The molecule has 0 aromatic heterocycles. The van der Waals surface area contributed by atoms with Crippen LogP contribution in [0.1, 0.15) is 73.8 Å². The summed E-state index contributed by atoms with van der Waals surface area (Å²) in [6.07, 6.45) is 0.00180. The third kappa shape index (κ3) is 13.2. The molecule has 252 valence electrons. The number of anilines is 1. The molecule has 0 fully saturated rings. The molecule has 0 saturated carbocycles. The van der Waals surface area contributed by atoms with E-state index < -0.39 is 42.1 Å². The van der Waals surface area contributed by atoms with Gasteiger partial charge in [0.2, 0.25) is 17.7 Å². The number of amides is 6. The van der Waals surface area contributed by atoms with Crippen molar-refractivity contribution in [2.75, 3.05) is 18.9 Å². The average Bonchev–Trinajstić information content (AvgIpc) is 2.95. The summed E-state index contributed by atoms with van der Waals surface area (Å²) in [6.45, 7) is 14.5. The molecule has 6 N–H and O–H groups in total. The quantitative estimate of drug-likeness (QED) is 0.163. The normalized spacial score (nSPS) is 13.8. The minimum Gasteiger partial charge on any atom is -0.445 e. The summed E-state index contributed by atoms with van der Waals surface area (Å²) in [6, 6.07) is 3.65. The van der Waals surface area contributed by atoms with E-state index in [4.69, 9.17) is 10.5 Å². The topological polar surface area (TPSA) is 189 Å². The Labute approximate surface area is 266 Å². The highest BCUT2D eigenvalue weighted by molar-refractivity contribution is 5.97. The number of carbonyl (C=O) groups is 6.